The van der Waals surface area contributed by atoms with Gasteiger partial charge in [-0.3, -0.25) is 0 Å². The summed E-state index contributed by atoms with van der Waals surface area (Å²) in [6.45, 7) is 1.96. The van der Waals surface area contributed by atoms with E-state index in [1.165, 1.54) is 0 Å². The van der Waals surface area contributed by atoms with Crippen LogP contribution in [-0.2, 0) is 0 Å². The minimum Gasteiger partial charge on any atom is -0.762 e. The van der Waals surface area contributed by atoms with Crippen LogP contribution in [0.1, 0.15) is 36.1 Å². The van der Waals surface area contributed by atoms with Gasteiger partial charge in [0.1, 0.15) is 6.07 Å². The maximum Gasteiger partial charge on any atom is 0.217 e. The highest BCUT2D eigenvalue weighted by atomic mass is 16.3. The van der Waals surface area contributed by atoms with Crippen molar-refractivity contribution in [3.63, 3.8) is 0 Å². The third kappa shape index (κ3) is 3.09. The van der Waals surface area contributed by atoms with Crippen molar-refractivity contribution in [3.05, 3.63) is 88.2 Å². The summed E-state index contributed by atoms with van der Waals surface area (Å²) >= 11 is 0. The molecule has 0 bridgehead atoms. The molecule has 2 N–H and O–H groups in total. The SMILES string of the molecule is Cc1cccc[n+]1[C@@H]1[C@H](c2ccccc2)C(C#N)=C(C(=C=[N-])C#N)N[C@@]1(O)C1CC1. The first-order valence-corrected chi connectivity index (χ1v) is 9.89. The molecule has 1 saturated carbocycles. The molecule has 6 nitrogen and oxygen atoms in total. The van der Waals surface area contributed by atoms with E-state index in [9.17, 15) is 21.0 Å². The van der Waals surface area contributed by atoms with Crippen molar-refractivity contribution in [1.82, 2.24) is 5.32 Å². The highest BCUT2D eigenvalue weighted by Gasteiger charge is 2.61. The maximum atomic E-state index is 12.0. The lowest BCUT2D eigenvalue weighted by Crippen LogP contribution is -2.66. The number of rotatable bonds is 4. The van der Waals surface area contributed by atoms with Crippen LogP contribution in [0.2, 0.25) is 0 Å². The van der Waals surface area contributed by atoms with Crippen LogP contribution in [0.5, 0.6) is 0 Å². The minimum atomic E-state index is -1.41. The minimum absolute atomic E-state index is 0.0466. The Morgan fingerprint density at radius 3 is 2.43 bits per heavy atom. The number of hydrogen-bond acceptors (Lipinski definition) is 4. The van der Waals surface area contributed by atoms with E-state index in [-0.39, 0.29) is 22.8 Å². The van der Waals surface area contributed by atoms with E-state index in [1.54, 1.807) is 0 Å². The van der Waals surface area contributed by atoms with Crippen molar-refractivity contribution in [2.24, 2.45) is 5.92 Å². The summed E-state index contributed by atoms with van der Waals surface area (Å²) < 4.78 is 2.00. The van der Waals surface area contributed by atoms with E-state index >= 15 is 0 Å². The van der Waals surface area contributed by atoms with Crippen LogP contribution in [0.25, 0.3) is 5.41 Å². The van der Waals surface area contributed by atoms with Crippen molar-refractivity contribution in [2.45, 2.75) is 37.5 Å². The van der Waals surface area contributed by atoms with Gasteiger partial charge in [0.15, 0.2) is 11.9 Å². The molecule has 2 heterocycles. The second-order valence-corrected chi connectivity index (χ2v) is 7.81. The summed E-state index contributed by atoms with van der Waals surface area (Å²) in [4.78, 5) is 0. The van der Waals surface area contributed by atoms with Gasteiger partial charge in [-0.2, -0.15) is 15.1 Å². The van der Waals surface area contributed by atoms with Gasteiger partial charge < -0.3 is 15.8 Å². The molecule has 0 unspecified atom stereocenters. The topological polar surface area (TPSA) is 106 Å². The molecule has 30 heavy (non-hydrogen) atoms. The van der Waals surface area contributed by atoms with E-state index in [4.69, 9.17) is 0 Å². The molecule has 148 valence electrons. The van der Waals surface area contributed by atoms with Gasteiger partial charge in [0.05, 0.1) is 28.8 Å². The van der Waals surface area contributed by atoms with Gasteiger partial charge in [-0.1, -0.05) is 36.4 Å². The molecule has 1 aliphatic carbocycles. The molecule has 6 heteroatoms. The summed E-state index contributed by atoms with van der Waals surface area (Å²) in [5.74, 6) is 1.31. The lowest BCUT2D eigenvalue weighted by atomic mass is 9.73. The third-order valence-corrected chi connectivity index (χ3v) is 6.03. The lowest BCUT2D eigenvalue weighted by Gasteiger charge is -2.43. The Morgan fingerprint density at radius 2 is 1.87 bits per heavy atom. The van der Waals surface area contributed by atoms with Gasteiger partial charge in [-0.15, -0.1) is 0 Å². The normalized spacial score (nSPS) is 25.5. The van der Waals surface area contributed by atoms with Crippen LogP contribution in [0.3, 0.4) is 0 Å². The van der Waals surface area contributed by atoms with E-state index in [1.807, 2.05) is 78.2 Å². The Labute approximate surface area is 175 Å². The number of nitrogens with zero attached hydrogens (tertiary/aromatic N) is 4. The molecule has 1 aliphatic heterocycles. The van der Waals surface area contributed by atoms with Crippen molar-refractivity contribution in [1.29, 1.82) is 10.5 Å². The fraction of sp³-hybridized carbons (Fsp3) is 0.292. The third-order valence-electron chi connectivity index (χ3n) is 6.03. The smallest absolute Gasteiger partial charge is 0.217 e. The monoisotopic (exact) mass is 395 g/mol. The van der Waals surface area contributed by atoms with E-state index in [0.717, 1.165) is 24.1 Å². The summed E-state index contributed by atoms with van der Waals surface area (Å²) in [5, 5.41) is 44.2. The maximum absolute atomic E-state index is 12.0. The average molecular weight is 395 g/mol. The number of nitrogens with one attached hydrogen (secondary N) is 1. The number of allylic oxidation sites excluding steroid dienone is 2. The Bertz CT molecular complexity index is 1150. The van der Waals surface area contributed by atoms with E-state index in [2.05, 4.69) is 11.4 Å². The second-order valence-electron chi connectivity index (χ2n) is 7.81. The zero-order chi connectivity index (χ0) is 21.3. The summed E-state index contributed by atoms with van der Waals surface area (Å²) in [6, 6.07) is 18.9. The number of pyridine rings is 1. The molecule has 0 saturated heterocycles. The standard InChI is InChI=1S/C24H21N5O/c1-16-7-5-6-12-29(16)23-21(17-8-3-2-4-9-17)20(15-27)22(18(13-25)14-26)28-24(23,30)19-10-11-19/h2-9,12,19,21,23,28,30H,10-11H2,1H3/t21-,23-,24-/m1/s1. The number of nitriles is 2. The highest BCUT2D eigenvalue weighted by molar-refractivity contribution is 5.74. The van der Waals surface area contributed by atoms with Crippen molar-refractivity contribution in [2.75, 3.05) is 0 Å². The van der Waals surface area contributed by atoms with Crippen LogP contribution >= 0.6 is 0 Å². The first-order chi connectivity index (χ1) is 14.5. The molecule has 2 aromatic rings. The Kier molecular flexibility index (Phi) is 4.98. The quantitative estimate of drug-likeness (QED) is 0.472. The Balaban J connectivity index is 2.06. The Hall–Kier alpha value is -3.70. The Morgan fingerprint density at radius 1 is 1.17 bits per heavy atom. The van der Waals surface area contributed by atoms with E-state index in [0.29, 0.717) is 0 Å². The summed E-state index contributed by atoms with van der Waals surface area (Å²) in [5.41, 5.74) is 0.602. The van der Waals surface area contributed by atoms with Crippen LogP contribution < -0.4 is 9.88 Å². The lowest BCUT2D eigenvalue weighted by molar-refractivity contribution is -0.747. The largest absolute Gasteiger partial charge is 0.762 e. The summed E-state index contributed by atoms with van der Waals surface area (Å²) in [7, 11) is 0. The van der Waals surface area contributed by atoms with Gasteiger partial charge in [0.2, 0.25) is 11.8 Å². The molecular formula is C24H21N5O. The highest BCUT2D eigenvalue weighted by Crippen LogP contribution is 2.52. The first kappa shape index (κ1) is 19.6. The number of aliphatic hydroxyl groups is 1. The van der Waals surface area contributed by atoms with Gasteiger partial charge in [-0.25, -0.2) is 5.87 Å². The first-order valence-electron chi connectivity index (χ1n) is 9.89. The van der Waals surface area contributed by atoms with Gasteiger partial charge in [-0.05, 0) is 18.4 Å². The van der Waals surface area contributed by atoms with Crippen molar-refractivity contribution >= 4 is 5.87 Å². The molecule has 1 aromatic heterocycles. The molecule has 1 aromatic carbocycles. The van der Waals surface area contributed by atoms with Crippen LogP contribution in [0.15, 0.2) is 71.6 Å². The van der Waals surface area contributed by atoms with Gasteiger partial charge in [0.25, 0.3) is 0 Å². The number of benzene rings is 1. The number of aromatic nitrogens is 1. The van der Waals surface area contributed by atoms with Crippen LogP contribution in [0.4, 0.5) is 0 Å². The molecule has 3 atom stereocenters. The molecule has 2 aliphatic rings. The number of aryl methyl sites for hydroxylation is 1. The zero-order valence-electron chi connectivity index (χ0n) is 16.6. The van der Waals surface area contributed by atoms with Gasteiger partial charge in [0, 0.05) is 25.0 Å². The molecule has 0 radical (unpaired) electrons. The van der Waals surface area contributed by atoms with Gasteiger partial charge >= 0.3 is 0 Å². The summed E-state index contributed by atoms with van der Waals surface area (Å²) in [6.07, 6.45) is 3.57. The fourth-order valence-corrected chi connectivity index (χ4v) is 4.47. The number of hydrogen-bond donors (Lipinski definition) is 2. The molecule has 0 amide bonds. The molecular weight excluding hydrogens is 374 g/mol. The predicted octanol–water partition coefficient (Wildman–Crippen LogP) is 2.78. The van der Waals surface area contributed by atoms with Crippen LogP contribution in [-0.4, -0.2) is 16.7 Å². The second kappa shape index (κ2) is 7.61. The van der Waals surface area contributed by atoms with Crippen molar-refractivity contribution < 1.29 is 9.67 Å². The zero-order valence-corrected chi connectivity index (χ0v) is 16.6. The predicted molar refractivity (Wildman–Crippen MR) is 111 cm³/mol. The molecule has 1 fully saturated rings. The molecule has 0 spiro atoms. The molecule has 4 rings (SSSR count). The van der Waals surface area contributed by atoms with Crippen molar-refractivity contribution in [3.8, 4) is 12.1 Å². The van der Waals surface area contributed by atoms with E-state index < -0.39 is 17.7 Å². The van der Waals surface area contributed by atoms with Crippen LogP contribution in [0, 0.1) is 35.5 Å². The fourth-order valence-electron chi connectivity index (χ4n) is 4.47. The average Bonchev–Trinajstić information content (AvgIpc) is 3.62.